The Morgan fingerprint density at radius 1 is 1.17 bits per heavy atom. The van der Waals surface area contributed by atoms with Gasteiger partial charge in [-0.3, -0.25) is 9.59 Å². The van der Waals surface area contributed by atoms with Crippen molar-refractivity contribution in [3.05, 3.63) is 35.4 Å². The minimum Gasteiger partial charge on any atom is -0.478 e. The van der Waals surface area contributed by atoms with Crippen LogP contribution in [0.25, 0.3) is 0 Å². The van der Waals surface area contributed by atoms with E-state index in [-0.39, 0.29) is 41.6 Å². The van der Waals surface area contributed by atoms with E-state index in [1.165, 1.54) is 36.1 Å². The number of hydrogen-bond acceptors (Lipinski definition) is 5. The van der Waals surface area contributed by atoms with Gasteiger partial charge < -0.3 is 15.3 Å². The molecule has 1 saturated heterocycles. The summed E-state index contributed by atoms with van der Waals surface area (Å²) >= 11 is 0. The van der Waals surface area contributed by atoms with Gasteiger partial charge in [0.25, 0.3) is 5.91 Å². The normalized spacial score (nSPS) is 17.8. The van der Waals surface area contributed by atoms with Gasteiger partial charge in [-0.25, -0.2) is 13.2 Å². The van der Waals surface area contributed by atoms with Crippen molar-refractivity contribution in [2.75, 3.05) is 24.6 Å². The number of amides is 2. The van der Waals surface area contributed by atoms with Gasteiger partial charge in [-0.1, -0.05) is 6.07 Å². The first kappa shape index (κ1) is 17.9. The van der Waals surface area contributed by atoms with Gasteiger partial charge in [-0.2, -0.15) is 0 Å². The first-order chi connectivity index (χ1) is 11.2. The van der Waals surface area contributed by atoms with E-state index in [2.05, 4.69) is 5.32 Å². The molecule has 1 heterocycles. The zero-order valence-corrected chi connectivity index (χ0v) is 13.9. The standard InChI is InChI=1S/C15H18N2O6S/c1-10(14(19)17-5-7-24(22,23)8-6-17)16-13(18)11-3-2-4-12(9-11)15(20)21/h2-4,9-10H,5-8H2,1H3,(H,16,18)(H,20,21). The lowest BCUT2D eigenvalue weighted by molar-refractivity contribution is -0.132. The summed E-state index contributed by atoms with van der Waals surface area (Å²) in [6, 6.07) is 4.64. The minimum absolute atomic E-state index is 0.0251. The minimum atomic E-state index is -3.09. The van der Waals surface area contributed by atoms with E-state index in [9.17, 15) is 22.8 Å². The lowest BCUT2D eigenvalue weighted by Crippen LogP contribution is -2.51. The molecule has 0 bridgehead atoms. The van der Waals surface area contributed by atoms with Crippen molar-refractivity contribution in [1.82, 2.24) is 10.2 Å². The SMILES string of the molecule is CC(NC(=O)c1cccc(C(=O)O)c1)C(=O)N1CCS(=O)(=O)CC1. The van der Waals surface area contributed by atoms with Gasteiger partial charge in [-0.15, -0.1) is 0 Å². The predicted octanol–water partition coefficient (Wildman–Crippen LogP) is -0.240. The highest BCUT2D eigenvalue weighted by Gasteiger charge is 2.28. The summed E-state index contributed by atoms with van der Waals surface area (Å²) in [4.78, 5) is 36.7. The molecule has 2 N–H and O–H groups in total. The molecule has 1 aliphatic heterocycles. The maximum absolute atomic E-state index is 12.3. The largest absolute Gasteiger partial charge is 0.478 e. The van der Waals surface area contributed by atoms with Crippen LogP contribution in [0, 0.1) is 0 Å². The van der Waals surface area contributed by atoms with Gasteiger partial charge in [0.1, 0.15) is 6.04 Å². The number of carboxylic acids is 1. The maximum atomic E-state index is 12.3. The van der Waals surface area contributed by atoms with Crippen LogP contribution < -0.4 is 5.32 Å². The van der Waals surface area contributed by atoms with Crippen molar-refractivity contribution in [1.29, 1.82) is 0 Å². The number of carbonyl (C=O) groups is 3. The molecule has 0 saturated carbocycles. The molecular weight excluding hydrogens is 336 g/mol. The summed E-state index contributed by atoms with van der Waals surface area (Å²) in [5.74, 6) is -2.25. The van der Waals surface area contributed by atoms with Crippen molar-refractivity contribution in [2.45, 2.75) is 13.0 Å². The number of carboxylic acid groups (broad SMARTS) is 1. The molecule has 1 unspecified atom stereocenters. The van der Waals surface area contributed by atoms with Gasteiger partial charge in [0.15, 0.2) is 9.84 Å². The molecule has 2 amide bonds. The highest BCUT2D eigenvalue weighted by Crippen LogP contribution is 2.08. The van der Waals surface area contributed by atoms with E-state index in [0.717, 1.165) is 0 Å². The fraction of sp³-hybridized carbons (Fsp3) is 0.400. The van der Waals surface area contributed by atoms with Gasteiger partial charge in [0.2, 0.25) is 5.91 Å². The first-order valence-corrected chi connectivity index (χ1v) is 9.15. The first-order valence-electron chi connectivity index (χ1n) is 7.33. The van der Waals surface area contributed by atoms with Crippen molar-refractivity contribution in [3.63, 3.8) is 0 Å². The molecule has 1 aromatic rings. The molecule has 1 atom stereocenters. The van der Waals surface area contributed by atoms with E-state index in [0.29, 0.717) is 0 Å². The third kappa shape index (κ3) is 4.31. The van der Waals surface area contributed by atoms with Crippen LogP contribution in [0.5, 0.6) is 0 Å². The Kier molecular flexibility index (Phi) is 5.23. The number of nitrogens with one attached hydrogen (secondary N) is 1. The summed E-state index contributed by atoms with van der Waals surface area (Å²) in [5.41, 5.74) is 0.110. The average Bonchev–Trinajstić information content (AvgIpc) is 2.54. The molecule has 2 rings (SSSR count). The van der Waals surface area contributed by atoms with Crippen molar-refractivity contribution >= 4 is 27.6 Å². The summed E-state index contributed by atoms with van der Waals surface area (Å²) in [5, 5.41) is 11.4. The van der Waals surface area contributed by atoms with E-state index < -0.39 is 27.8 Å². The molecule has 0 spiro atoms. The molecule has 0 aromatic heterocycles. The molecule has 1 aliphatic rings. The van der Waals surface area contributed by atoms with Gasteiger partial charge in [0.05, 0.1) is 17.1 Å². The number of aromatic carboxylic acids is 1. The van der Waals surface area contributed by atoms with Crippen LogP contribution >= 0.6 is 0 Å². The molecule has 9 heteroatoms. The van der Waals surface area contributed by atoms with Crippen LogP contribution in [-0.2, 0) is 14.6 Å². The topological polar surface area (TPSA) is 121 Å². The van der Waals surface area contributed by atoms with Crippen LogP contribution in [0.15, 0.2) is 24.3 Å². The van der Waals surface area contributed by atoms with E-state index in [1.54, 1.807) is 0 Å². The number of hydrogen-bond donors (Lipinski definition) is 2. The molecule has 130 valence electrons. The van der Waals surface area contributed by atoms with E-state index >= 15 is 0 Å². The monoisotopic (exact) mass is 354 g/mol. The Bertz CT molecular complexity index is 760. The smallest absolute Gasteiger partial charge is 0.335 e. The van der Waals surface area contributed by atoms with Crippen LogP contribution in [0.1, 0.15) is 27.6 Å². The molecule has 1 aromatic carbocycles. The number of benzene rings is 1. The summed E-state index contributed by atoms with van der Waals surface area (Å²) in [7, 11) is -3.09. The predicted molar refractivity (Wildman–Crippen MR) is 85.6 cm³/mol. The Hall–Kier alpha value is -2.42. The second-order valence-corrected chi connectivity index (χ2v) is 7.86. The molecule has 8 nitrogen and oxygen atoms in total. The molecule has 24 heavy (non-hydrogen) atoms. The van der Waals surface area contributed by atoms with Gasteiger partial charge in [0, 0.05) is 18.7 Å². The second kappa shape index (κ2) is 7.00. The van der Waals surface area contributed by atoms with Gasteiger partial charge >= 0.3 is 5.97 Å². The fourth-order valence-corrected chi connectivity index (χ4v) is 3.54. The highest BCUT2D eigenvalue weighted by atomic mass is 32.2. The molecule has 1 fully saturated rings. The number of carbonyl (C=O) groups excluding carboxylic acids is 2. The second-order valence-electron chi connectivity index (χ2n) is 5.56. The lowest BCUT2D eigenvalue weighted by atomic mass is 10.1. The van der Waals surface area contributed by atoms with E-state index in [1.807, 2.05) is 0 Å². The zero-order chi connectivity index (χ0) is 17.9. The Morgan fingerprint density at radius 3 is 2.33 bits per heavy atom. The van der Waals surface area contributed by atoms with Crippen LogP contribution in [0.2, 0.25) is 0 Å². The van der Waals surface area contributed by atoms with Gasteiger partial charge in [-0.05, 0) is 25.1 Å². The maximum Gasteiger partial charge on any atom is 0.335 e. The van der Waals surface area contributed by atoms with Crippen LogP contribution in [0.3, 0.4) is 0 Å². The van der Waals surface area contributed by atoms with Crippen molar-refractivity contribution < 1.29 is 27.9 Å². The number of nitrogens with zero attached hydrogens (tertiary/aromatic N) is 1. The molecular formula is C15H18N2O6S. The molecule has 0 radical (unpaired) electrons. The highest BCUT2D eigenvalue weighted by molar-refractivity contribution is 7.91. The van der Waals surface area contributed by atoms with Crippen LogP contribution in [0.4, 0.5) is 0 Å². The lowest BCUT2D eigenvalue weighted by Gasteiger charge is -2.29. The fourth-order valence-electron chi connectivity index (χ4n) is 2.34. The zero-order valence-electron chi connectivity index (χ0n) is 13.1. The number of sulfone groups is 1. The Morgan fingerprint density at radius 2 is 1.75 bits per heavy atom. The Balaban J connectivity index is 2.00. The summed E-state index contributed by atoms with van der Waals surface area (Å²) < 4.78 is 22.8. The van der Waals surface area contributed by atoms with Crippen molar-refractivity contribution in [2.24, 2.45) is 0 Å². The van der Waals surface area contributed by atoms with Crippen molar-refractivity contribution in [3.8, 4) is 0 Å². The quantitative estimate of drug-likeness (QED) is 0.770. The average molecular weight is 354 g/mol. The summed E-state index contributed by atoms with van der Waals surface area (Å²) in [6.45, 7) is 1.72. The Labute approximate surface area is 139 Å². The van der Waals surface area contributed by atoms with Crippen LogP contribution in [-0.4, -0.2) is 66.8 Å². The third-order valence-corrected chi connectivity index (χ3v) is 5.35. The summed E-state index contributed by atoms with van der Waals surface area (Å²) in [6.07, 6.45) is 0. The number of rotatable bonds is 4. The molecule has 0 aliphatic carbocycles. The third-order valence-electron chi connectivity index (χ3n) is 3.75. The van der Waals surface area contributed by atoms with E-state index in [4.69, 9.17) is 5.11 Å².